The van der Waals surface area contributed by atoms with Crippen molar-refractivity contribution in [3.05, 3.63) is 102 Å². The zero-order valence-electron chi connectivity index (χ0n) is 19.7. The fourth-order valence-electron chi connectivity index (χ4n) is 3.64. The van der Waals surface area contributed by atoms with E-state index in [4.69, 9.17) is 10.5 Å². The summed E-state index contributed by atoms with van der Waals surface area (Å²) in [5.41, 5.74) is 8.90. The molecule has 2 N–H and O–H groups in total. The summed E-state index contributed by atoms with van der Waals surface area (Å²) < 4.78 is 37.8. The van der Waals surface area contributed by atoms with E-state index in [9.17, 15) is 13.2 Å². The Balaban J connectivity index is 1.67. The third kappa shape index (κ3) is 5.96. The van der Waals surface area contributed by atoms with Crippen LogP contribution in [0.15, 0.2) is 90.1 Å². The molecule has 186 valence electrons. The average Bonchev–Trinajstić information content (AvgIpc) is 3.35. The number of carbonyl (C=O) groups is 1. The van der Waals surface area contributed by atoms with E-state index in [2.05, 4.69) is 14.9 Å². The zero-order valence-corrected chi connectivity index (χ0v) is 20.5. The van der Waals surface area contributed by atoms with Crippen molar-refractivity contribution < 1.29 is 22.7 Å². The lowest BCUT2D eigenvalue weighted by Crippen LogP contribution is -2.23. The third-order valence-electron chi connectivity index (χ3n) is 5.45. The highest BCUT2D eigenvalue weighted by molar-refractivity contribution is 7.91. The fourth-order valence-corrected chi connectivity index (χ4v) is 4.84. The quantitative estimate of drug-likeness (QED) is 0.325. The molecule has 0 fully saturated rings. The molecule has 0 radical (unpaired) electrons. The fraction of sp³-hybridized carbons (Fsp3) is 0.192. The number of hydrogen-bond acceptors (Lipinski definition) is 8. The minimum absolute atomic E-state index is 0.250. The molecule has 36 heavy (non-hydrogen) atoms. The molecule has 1 heterocycles. The number of sulfone groups is 1. The van der Waals surface area contributed by atoms with Gasteiger partial charge in [-0.15, -0.1) is 10.2 Å². The van der Waals surface area contributed by atoms with E-state index in [0.717, 1.165) is 18.2 Å². The van der Waals surface area contributed by atoms with E-state index in [1.807, 2.05) is 60.7 Å². The van der Waals surface area contributed by atoms with E-state index in [1.54, 1.807) is 24.3 Å². The van der Waals surface area contributed by atoms with Gasteiger partial charge in [-0.25, -0.2) is 8.42 Å². The smallest absolute Gasteiger partial charge is 0.321 e. The summed E-state index contributed by atoms with van der Waals surface area (Å²) >= 11 is 0. The van der Waals surface area contributed by atoms with Crippen LogP contribution < -0.4 is 10.5 Å². The van der Waals surface area contributed by atoms with E-state index in [0.29, 0.717) is 24.5 Å². The predicted molar refractivity (Wildman–Crippen MR) is 133 cm³/mol. The SMILES string of the molecule is COC(=O)CS(=O)(=O)c1nnc([C@@H](N)Cc2ccccc2)n1-c1ccc(OCc2ccccc2)cc1. The van der Waals surface area contributed by atoms with Crippen molar-refractivity contribution in [3.63, 3.8) is 0 Å². The number of nitrogens with two attached hydrogens (primary N) is 1. The van der Waals surface area contributed by atoms with Crippen molar-refractivity contribution in [2.75, 3.05) is 12.9 Å². The topological polar surface area (TPSA) is 126 Å². The molecule has 0 saturated carbocycles. The van der Waals surface area contributed by atoms with Crippen LogP contribution in [-0.2, 0) is 32.4 Å². The Morgan fingerprint density at radius 3 is 2.14 bits per heavy atom. The van der Waals surface area contributed by atoms with Gasteiger partial charge in [-0.05, 0) is 41.8 Å². The maximum Gasteiger partial charge on any atom is 0.321 e. The van der Waals surface area contributed by atoms with Gasteiger partial charge in [0.25, 0.3) is 5.16 Å². The molecule has 4 rings (SSSR count). The van der Waals surface area contributed by atoms with Crippen LogP contribution in [0.2, 0.25) is 0 Å². The summed E-state index contributed by atoms with van der Waals surface area (Å²) in [7, 11) is -3.04. The first-order valence-electron chi connectivity index (χ1n) is 11.2. The molecule has 0 spiro atoms. The molecule has 0 amide bonds. The Morgan fingerprint density at radius 2 is 1.53 bits per heavy atom. The number of carbonyl (C=O) groups excluding carboxylic acids is 1. The second-order valence-electron chi connectivity index (χ2n) is 8.08. The van der Waals surface area contributed by atoms with Crippen molar-refractivity contribution in [2.24, 2.45) is 5.73 Å². The Kier molecular flexibility index (Phi) is 7.77. The molecule has 0 aliphatic carbocycles. The van der Waals surface area contributed by atoms with E-state index < -0.39 is 27.6 Å². The molecule has 0 aliphatic heterocycles. The van der Waals surface area contributed by atoms with Crippen LogP contribution in [0.3, 0.4) is 0 Å². The lowest BCUT2D eigenvalue weighted by Gasteiger charge is -2.16. The third-order valence-corrected chi connectivity index (χ3v) is 6.88. The second-order valence-corrected chi connectivity index (χ2v) is 9.96. The van der Waals surface area contributed by atoms with Crippen molar-refractivity contribution in [3.8, 4) is 11.4 Å². The Hall–Kier alpha value is -4.02. The molecule has 10 heteroatoms. The Bertz CT molecular complexity index is 1410. The number of aromatic nitrogens is 3. The van der Waals surface area contributed by atoms with Gasteiger partial charge in [0.15, 0.2) is 11.6 Å². The van der Waals surface area contributed by atoms with Gasteiger partial charge in [0.1, 0.15) is 12.4 Å². The van der Waals surface area contributed by atoms with Crippen LogP contribution in [0.4, 0.5) is 0 Å². The molecule has 0 aliphatic rings. The molecule has 1 aromatic heterocycles. The number of benzene rings is 3. The van der Waals surface area contributed by atoms with Gasteiger partial charge >= 0.3 is 5.97 Å². The number of nitrogens with zero attached hydrogens (tertiary/aromatic N) is 3. The number of methoxy groups -OCH3 is 1. The summed E-state index contributed by atoms with van der Waals surface area (Å²) in [6.45, 7) is 0.388. The first kappa shape index (κ1) is 25.1. The largest absolute Gasteiger partial charge is 0.489 e. The summed E-state index contributed by atoms with van der Waals surface area (Å²) in [5, 5.41) is 7.65. The Morgan fingerprint density at radius 1 is 0.917 bits per heavy atom. The number of rotatable bonds is 10. The minimum Gasteiger partial charge on any atom is -0.489 e. The van der Waals surface area contributed by atoms with Gasteiger partial charge in [-0.1, -0.05) is 60.7 Å². The lowest BCUT2D eigenvalue weighted by molar-refractivity contribution is -0.137. The van der Waals surface area contributed by atoms with Gasteiger partial charge < -0.3 is 15.2 Å². The van der Waals surface area contributed by atoms with E-state index >= 15 is 0 Å². The molecule has 0 bridgehead atoms. The van der Waals surface area contributed by atoms with Gasteiger partial charge in [-0.3, -0.25) is 9.36 Å². The van der Waals surface area contributed by atoms with Crippen LogP contribution in [0.25, 0.3) is 5.69 Å². The molecular weight excluding hydrogens is 480 g/mol. The summed E-state index contributed by atoms with van der Waals surface area (Å²) in [4.78, 5) is 11.8. The first-order valence-corrected chi connectivity index (χ1v) is 12.8. The van der Waals surface area contributed by atoms with Crippen molar-refractivity contribution >= 4 is 15.8 Å². The van der Waals surface area contributed by atoms with E-state index in [-0.39, 0.29) is 11.0 Å². The maximum atomic E-state index is 13.0. The maximum absolute atomic E-state index is 13.0. The second kappa shape index (κ2) is 11.1. The highest BCUT2D eigenvalue weighted by Crippen LogP contribution is 2.25. The van der Waals surface area contributed by atoms with Crippen molar-refractivity contribution in [2.45, 2.75) is 24.2 Å². The van der Waals surface area contributed by atoms with Gasteiger partial charge in [0.05, 0.1) is 13.2 Å². The number of esters is 1. The predicted octanol–water partition coefficient (Wildman–Crippen LogP) is 3.04. The van der Waals surface area contributed by atoms with Crippen LogP contribution in [0.1, 0.15) is 23.0 Å². The molecule has 3 aromatic carbocycles. The van der Waals surface area contributed by atoms with Crippen LogP contribution in [0.5, 0.6) is 5.75 Å². The summed E-state index contributed by atoms with van der Waals surface area (Å²) in [5.74, 6) is -0.914. The highest BCUT2D eigenvalue weighted by Gasteiger charge is 2.30. The molecule has 1 atom stereocenters. The van der Waals surface area contributed by atoms with Gasteiger partial charge in [0.2, 0.25) is 9.84 Å². The van der Waals surface area contributed by atoms with Crippen LogP contribution in [-0.4, -0.2) is 42.0 Å². The van der Waals surface area contributed by atoms with Gasteiger partial charge in [-0.2, -0.15) is 0 Å². The van der Waals surface area contributed by atoms with Crippen LogP contribution in [0, 0.1) is 0 Å². The number of hydrogen-bond donors (Lipinski definition) is 1. The summed E-state index contributed by atoms with van der Waals surface area (Å²) in [6.07, 6.45) is 0.411. The summed E-state index contributed by atoms with van der Waals surface area (Å²) in [6, 6.07) is 25.4. The molecule has 9 nitrogen and oxygen atoms in total. The standard InChI is InChI=1S/C26H26N4O5S/c1-34-24(31)18-36(32,33)26-29-28-25(23(27)16-19-8-4-2-5-9-19)30(26)21-12-14-22(15-13-21)35-17-20-10-6-3-7-11-20/h2-15,23H,16-18,27H2,1H3/t23-/m0/s1. The lowest BCUT2D eigenvalue weighted by atomic mass is 10.1. The van der Waals surface area contributed by atoms with Crippen molar-refractivity contribution in [1.82, 2.24) is 14.8 Å². The molecule has 4 aromatic rings. The monoisotopic (exact) mass is 506 g/mol. The first-order chi connectivity index (χ1) is 17.4. The van der Waals surface area contributed by atoms with Crippen LogP contribution >= 0.6 is 0 Å². The average molecular weight is 507 g/mol. The molecular formula is C26H26N4O5S. The molecule has 0 unspecified atom stereocenters. The van der Waals surface area contributed by atoms with Crippen molar-refractivity contribution in [1.29, 1.82) is 0 Å². The van der Waals surface area contributed by atoms with E-state index in [1.165, 1.54) is 4.57 Å². The zero-order chi connectivity index (χ0) is 25.5. The highest BCUT2D eigenvalue weighted by atomic mass is 32.2. The molecule has 0 saturated heterocycles. The normalized spacial score (nSPS) is 12.2. The van der Waals surface area contributed by atoms with Gasteiger partial charge in [0, 0.05) is 5.69 Å². The number of ether oxygens (including phenoxy) is 2. The minimum atomic E-state index is -4.16. The Labute approximate surface area is 209 Å².